The van der Waals surface area contributed by atoms with E-state index in [4.69, 9.17) is 44.9 Å². The molecule has 0 radical (unpaired) electrons. The molecule has 0 atom stereocenters. The second-order valence-corrected chi connectivity index (χ2v) is 17.6. The first kappa shape index (κ1) is 37.4. The molecular weight excluding hydrogens is 662 g/mol. The van der Waals surface area contributed by atoms with Crippen LogP contribution in [0.25, 0.3) is 56.9 Å². The Hall–Kier alpha value is -5.38. The molecule has 272 valence electrons. The molecule has 0 N–H and O–H groups in total. The maximum Gasteiger partial charge on any atom is 0.163 e. The summed E-state index contributed by atoms with van der Waals surface area (Å²) in [6, 6.07) is 22.1. The van der Waals surface area contributed by atoms with Gasteiger partial charge in [-0.15, -0.1) is 0 Å². The number of benzene rings is 3. The van der Waals surface area contributed by atoms with E-state index in [0.717, 1.165) is 16.7 Å². The fourth-order valence-electron chi connectivity index (χ4n) is 5.32. The molecule has 9 nitrogen and oxygen atoms in total. The van der Waals surface area contributed by atoms with Crippen molar-refractivity contribution in [3.8, 4) is 56.9 Å². The van der Waals surface area contributed by atoms with Crippen molar-refractivity contribution >= 4 is 0 Å². The van der Waals surface area contributed by atoms with Gasteiger partial charge >= 0.3 is 0 Å². The molecule has 0 saturated carbocycles. The third-order valence-electron chi connectivity index (χ3n) is 8.43. The molecule has 3 heterocycles. The third kappa shape index (κ3) is 8.48. The zero-order valence-corrected chi connectivity index (χ0v) is 32.8. The lowest BCUT2D eigenvalue weighted by atomic mass is 9.92. The predicted octanol–water partition coefficient (Wildman–Crippen LogP) is 9.91. The zero-order chi connectivity index (χ0) is 38.5. The van der Waals surface area contributed by atoms with Crippen LogP contribution in [0.1, 0.15) is 106 Å². The van der Waals surface area contributed by atoms with Gasteiger partial charge in [-0.25, -0.2) is 49.2 Å². The van der Waals surface area contributed by atoms with Crippen LogP contribution in [0.15, 0.2) is 72.8 Å². The molecule has 3 aromatic heterocycles. The minimum atomic E-state index is -0.412. The summed E-state index contributed by atoms with van der Waals surface area (Å²) in [4.78, 5) is 44.8. The van der Waals surface area contributed by atoms with Crippen molar-refractivity contribution < 1.29 is 4.39 Å². The highest BCUT2D eigenvalue weighted by Gasteiger charge is 2.28. The second kappa shape index (κ2) is 13.5. The summed E-state index contributed by atoms with van der Waals surface area (Å²) in [6.45, 7) is 25.0. The molecule has 0 aliphatic carbocycles. The van der Waals surface area contributed by atoms with Crippen LogP contribution in [0, 0.1) is 5.82 Å². The standard InChI is InChI=1S/C43H48FN9/c1-40(2,3)36-47-31(25-16-14-13-15-17-25)45-33(49-36)27-22-28(24-29(23-27)35-51-38(42(7,8)9)53-39(52-35)43(10,11)12)34-46-32(26-18-20-30(44)21-19-26)48-37(50-34)41(4,5)6/h13-24H,1-12H3. The lowest BCUT2D eigenvalue weighted by Gasteiger charge is -2.23. The molecule has 0 fully saturated rings. The highest BCUT2D eigenvalue weighted by atomic mass is 19.1. The van der Waals surface area contributed by atoms with E-state index < -0.39 is 5.41 Å². The second-order valence-electron chi connectivity index (χ2n) is 17.6. The molecule has 10 heteroatoms. The SMILES string of the molecule is CC(C)(C)c1nc(-c2ccccc2)nc(-c2cc(-c3nc(-c4ccc(F)cc4)nc(C(C)(C)C)n3)cc(-c3nc(C(C)(C)C)nc(C(C)(C)C)n3)c2)n1. The Kier molecular flexibility index (Phi) is 9.56. The van der Waals surface area contributed by atoms with E-state index in [9.17, 15) is 4.39 Å². The molecule has 0 aliphatic heterocycles. The largest absolute Gasteiger partial charge is 0.217 e. The highest BCUT2D eigenvalue weighted by molar-refractivity contribution is 5.76. The summed E-state index contributed by atoms with van der Waals surface area (Å²) in [6.07, 6.45) is 0. The summed E-state index contributed by atoms with van der Waals surface area (Å²) in [5.74, 6) is 4.79. The molecule has 0 amide bonds. The van der Waals surface area contributed by atoms with E-state index in [1.54, 1.807) is 12.1 Å². The third-order valence-corrected chi connectivity index (χ3v) is 8.43. The average Bonchev–Trinajstić information content (AvgIpc) is 3.10. The van der Waals surface area contributed by atoms with Crippen LogP contribution in [-0.2, 0) is 21.7 Å². The number of hydrogen-bond acceptors (Lipinski definition) is 9. The molecule has 0 spiro atoms. The van der Waals surface area contributed by atoms with E-state index in [1.165, 1.54) is 12.1 Å². The van der Waals surface area contributed by atoms with E-state index in [1.807, 2.05) is 48.5 Å². The Balaban J connectivity index is 1.68. The Bertz CT molecular complexity index is 2240. The van der Waals surface area contributed by atoms with E-state index >= 15 is 0 Å². The lowest BCUT2D eigenvalue weighted by Crippen LogP contribution is -2.24. The van der Waals surface area contributed by atoms with Crippen LogP contribution < -0.4 is 0 Å². The lowest BCUT2D eigenvalue weighted by molar-refractivity contribution is 0.497. The number of nitrogens with zero attached hydrogens (tertiary/aromatic N) is 9. The van der Waals surface area contributed by atoms with Gasteiger partial charge in [0.1, 0.15) is 29.1 Å². The van der Waals surface area contributed by atoms with Crippen molar-refractivity contribution in [2.75, 3.05) is 0 Å². The smallest absolute Gasteiger partial charge is 0.163 e. The first-order chi connectivity index (χ1) is 24.6. The Morgan fingerprint density at radius 1 is 0.321 bits per heavy atom. The topological polar surface area (TPSA) is 116 Å². The summed E-state index contributed by atoms with van der Waals surface area (Å²) in [5.41, 5.74) is 2.27. The quantitative estimate of drug-likeness (QED) is 0.172. The van der Waals surface area contributed by atoms with Gasteiger partial charge < -0.3 is 0 Å². The number of halogens is 1. The van der Waals surface area contributed by atoms with Gasteiger partial charge in [0.05, 0.1) is 0 Å². The van der Waals surface area contributed by atoms with Crippen LogP contribution in [-0.4, -0.2) is 44.9 Å². The van der Waals surface area contributed by atoms with Crippen molar-refractivity contribution in [3.63, 3.8) is 0 Å². The minimum absolute atomic E-state index is 0.333. The van der Waals surface area contributed by atoms with Crippen molar-refractivity contribution in [3.05, 3.63) is 102 Å². The van der Waals surface area contributed by atoms with Gasteiger partial charge in [0, 0.05) is 49.5 Å². The van der Waals surface area contributed by atoms with E-state index in [0.29, 0.717) is 63.5 Å². The van der Waals surface area contributed by atoms with Gasteiger partial charge in [-0.2, -0.15) is 0 Å². The summed E-state index contributed by atoms with van der Waals surface area (Å²) >= 11 is 0. The number of hydrogen-bond donors (Lipinski definition) is 0. The van der Waals surface area contributed by atoms with Crippen molar-refractivity contribution in [2.24, 2.45) is 0 Å². The van der Waals surface area contributed by atoms with Gasteiger partial charge in [-0.05, 0) is 42.5 Å². The van der Waals surface area contributed by atoms with Gasteiger partial charge in [0.25, 0.3) is 0 Å². The van der Waals surface area contributed by atoms with Gasteiger partial charge in [0.15, 0.2) is 29.1 Å². The molecule has 0 unspecified atom stereocenters. The Labute approximate surface area is 312 Å². The maximum absolute atomic E-state index is 14.0. The monoisotopic (exact) mass is 709 g/mol. The summed E-state index contributed by atoms with van der Waals surface area (Å²) in [5, 5.41) is 0. The molecule has 3 aromatic carbocycles. The Morgan fingerprint density at radius 3 is 0.943 bits per heavy atom. The van der Waals surface area contributed by atoms with Crippen LogP contribution in [0.3, 0.4) is 0 Å². The predicted molar refractivity (Wildman–Crippen MR) is 209 cm³/mol. The van der Waals surface area contributed by atoms with Crippen molar-refractivity contribution in [1.29, 1.82) is 0 Å². The number of aromatic nitrogens is 9. The van der Waals surface area contributed by atoms with Gasteiger partial charge in [-0.1, -0.05) is 113 Å². The first-order valence-corrected chi connectivity index (χ1v) is 17.9. The normalized spacial score (nSPS) is 12.6. The molecular formula is C43H48FN9. The van der Waals surface area contributed by atoms with Gasteiger partial charge in [0.2, 0.25) is 0 Å². The summed E-state index contributed by atoms with van der Waals surface area (Å²) in [7, 11) is 0. The van der Waals surface area contributed by atoms with Crippen LogP contribution in [0.4, 0.5) is 4.39 Å². The van der Waals surface area contributed by atoms with Crippen LogP contribution in [0.5, 0.6) is 0 Å². The zero-order valence-electron chi connectivity index (χ0n) is 32.8. The maximum atomic E-state index is 14.0. The fourth-order valence-corrected chi connectivity index (χ4v) is 5.32. The van der Waals surface area contributed by atoms with E-state index in [2.05, 4.69) is 83.1 Å². The average molecular weight is 710 g/mol. The molecule has 53 heavy (non-hydrogen) atoms. The number of rotatable bonds is 5. The molecule has 0 aliphatic rings. The fraction of sp³-hybridized carbons (Fsp3) is 0.372. The van der Waals surface area contributed by atoms with Crippen molar-refractivity contribution in [2.45, 2.75) is 105 Å². The van der Waals surface area contributed by atoms with E-state index in [-0.39, 0.29) is 22.1 Å². The molecule has 0 saturated heterocycles. The van der Waals surface area contributed by atoms with Crippen LogP contribution in [0.2, 0.25) is 0 Å². The van der Waals surface area contributed by atoms with Crippen LogP contribution >= 0.6 is 0 Å². The van der Waals surface area contributed by atoms with Gasteiger partial charge in [-0.3, -0.25) is 0 Å². The molecule has 6 aromatic rings. The van der Waals surface area contributed by atoms with Crippen molar-refractivity contribution in [1.82, 2.24) is 44.9 Å². The minimum Gasteiger partial charge on any atom is -0.217 e. The molecule has 6 rings (SSSR count). The highest BCUT2D eigenvalue weighted by Crippen LogP contribution is 2.35. The summed E-state index contributed by atoms with van der Waals surface area (Å²) < 4.78 is 14.0. The Morgan fingerprint density at radius 2 is 0.604 bits per heavy atom. The first-order valence-electron chi connectivity index (χ1n) is 17.9. The molecule has 0 bridgehead atoms.